The Morgan fingerprint density at radius 3 is 2.71 bits per heavy atom. The average molecular weight is 295 g/mol. The Morgan fingerprint density at radius 1 is 1.38 bits per heavy atom. The molecule has 2 atom stereocenters. The van der Waals surface area contributed by atoms with Crippen LogP contribution in [0.3, 0.4) is 0 Å². The number of aromatic nitrogens is 2. The van der Waals surface area contributed by atoms with Gasteiger partial charge in [0.05, 0.1) is 5.92 Å². The van der Waals surface area contributed by atoms with Crippen molar-refractivity contribution < 1.29 is 14.7 Å². The van der Waals surface area contributed by atoms with Crippen LogP contribution in [0.15, 0.2) is 23.3 Å². The summed E-state index contributed by atoms with van der Waals surface area (Å²) in [7, 11) is 0. The first kappa shape index (κ1) is 16.9. The van der Waals surface area contributed by atoms with E-state index in [0.29, 0.717) is 12.8 Å². The van der Waals surface area contributed by atoms with E-state index < -0.39 is 11.7 Å². The van der Waals surface area contributed by atoms with Crippen molar-refractivity contribution >= 4 is 11.9 Å². The van der Waals surface area contributed by atoms with Crippen LogP contribution >= 0.6 is 0 Å². The van der Waals surface area contributed by atoms with Crippen molar-refractivity contribution in [3.63, 3.8) is 0 Å². The number of nitrogens with one attached hydrogen (secondary N) is 1. The van der Waals surface area contributed by atoms with E-state index >= 15 is 0 Å². The van der Waals surface area contributed by atoms with Gasteiger partial charge in [-0.05, 0) is 25.8 Å². The molecule has 7 heteroatoms. The monoisotopic (exact) mass is 295 g/mol. The van der Waals surface area contributed by atoms with E-state index in [1.165, 1.54) is 17.0 Å². The SMILES string of the molecule is CC(CCCC(C)C(=O)O)NC(=O)Cn1cccnc1=O. The molecule has 0 spiro atoms. The number of carboxylic acid groups (broad SMARTS) is 1. The largest absolute Gasteiger partial charge is 0.481 e. The second kappa shape index (κ2) is 8.18. The normalized spacial score (nSPS) is 13.4. The number of carboxylic acids is 1. The molecule has 0 saturated carbocycles. The van der Waals surface area contributed by atoms with Crippen molar-refractivity contribution in [1.29, 1.82) is 0 Å². The standard InChI is InChI=1S/C14H21N3O4/c1-10(13(19)20)5-3-6-11(2)16-12(18)9-17-8-4-7-15-14(17)21/h4,7-8,10-11H,3,5-6,9H2,1-2H3,(H,16,18)(H,19,20). The Hall–Kier alpha value is -2.18. The minimum Gasteiger partial charge on any atom is -0.481 e. The topological polar surface area (TPSA) is 101 Å². The molecule has 0 aromatic carbocycles. The molecule has 0 bridgehead atoms. The van der Waals surface area contributed by atoms with E-state index in [9.17, 15) is 14.4 Å². The molecule has 21 heavy (non-hydrogen) atoms. The van der Waals surface area contributed by atoms with Crippen LogP contribution in [0.5, 0.6) is 0 Å². The van der Waals surface area contributed by atoms with Crippen molar-refractivity contribution in [2.45, 2.75) is 45.7 Å². The van der Waals surface area contributed by atoms with Gasteiger partial charge in [0.25, 0.3) is 0 Å². The fourth-order valence-electron chi connectivity index (χ4n) is 1.91. The molecule has 0 saturated heterocycles. The number of rotatable bonds is 8. The van der Waals surface area contributed by atoms with Crippen molar-refractivity contribution in [3.05, 3.63) is 28.9 Å². The summed E-state index contributed by atoms with van der Waals surface area (Å²) in [4.78, 5) is 37.4. The summed E-state index contributed by atoms with van der Waals surface area (Å²) >= 11 is 0. The van der Waals surface area contributed by atoms with E-state index in [0.717, 1.165) is 6.42 Å². The van der Waals surface area contributed by atoms with Crippen LogP contribution in [0.25, 0.3) is 0 Å². The lowest BCUT2D eigenvalue weighted by Crippen LogP contribution is -2.37. The van der Waals surface area contributed by atoms with Crippen LogP contribution in [0, 0.1) is 5.92 Å². The highest BCUT2D eigenvalue weighted by molar-refractivity contribution is 5.75. The Labute approximate surface area is 123 Å². The maximum Gasteiger partial charge on any atom is 0.347 e. The van der Waals surface area contributed by atoms with Gasteiger partial charge < -0.3 is 10.4 Å². The first-order chi connectivity index (χ1) is 9.90. The van der Waals surface area contributed by atoms with Crippen molar-refractivity contribution in [3.8, 4) is 0 Å². The highest BCUT2D eigenvalue weighted by Gasteiger charge is 2.12. The highest BCUT2D eigenvalue weighted by atomic mass is 16.4. The summed E-state index contributed by atoms with van der Waals surface area (Å²) in [6.07, 6.45) is 4.89. The molecule has 2 N–H and O–H groups in total. The lowest BCUT2D eigenvalue weighted by Gasteiger charge is -2.15. The number of amides is 1. The summed E-state index contributed by atoms with van der Waals surface area (Å²) in [6.45, 7) is 3.46. The molecule has 1 aromatic heterocycles. The number of hydrogen-bond donors (Lipinski definition) is 2. The zero-order valence-electron chi connectivity index (χ0n) is 12.3. The fourth-order valence-corrected chi connectivity index (χ4v) is 1.91. The minimum absolute atomic E-state index is 0.0640. The van der Waals surface area contributed by atoms with Gasteiger partial charge in [0.2, 0.25) is 5.91 Å². The molecule has 0 aliphatic carbocycles. The zero-order chi connectivity index (χ0) is 15.8. The molecule has 1 rings (SSSR count). The summed E-state index contributed by atoms with van der Waals surface area (Å²) in [5.41, 5.74) is -0.462. The molecule has 1 amide bonds. The molecule has 1 heterocycles. The van der Waals surface area contributed by atoms with Gasteiger partial charge >= 0.3 is 11.7 Å². The maximum atomic E-state index is 11.8. The van der Waals surface area contributed by atoms with Crippen LogP contribution in [0.2, 0.25) is 0 Å². The van der Waals surface area contributed by atoms with Gasteiger partial charge in [-0.1, -0.05) is 13.3 Å². The summed E-state index contributed by atoms with van der Waals surface area (Å²) in [6, 6.07) is 1.52. The average Bonchev–Trinajstić information content (AvgIpc) is 2.41. The second-order valence-corrected chi connectivity index (χ2v) is 5.17. The Balaban J connectivity index is 2.33. The van der Waals surface area contributed by atoms with Gasteiger partial charge in [-0.25, -0.2) is 9.78 Å². The third-order valence-electron chi connectivity index (χ3n) is 3.20. The van der Waals surface area contributed by atoms with E-state index in [1.807, 2.05) is 6.92 Å². The van der Waals surface area contributed by atoms with E-state index in [-0.39, 0.29) is 24.4 Å². The molecule has 116 valence electrons. The number of hydrogen-bond acceptors (Lipinski definition) is 4. The molecule has 0 fully saturated rings. The molecular formula is C14H21N3O4. The van der Waals surface area contributed by atoms with Gasteiger partial charge in [-0.3, -0.25) is 14.2 Å². The molecule has 2 unspecified atom stereocenters. The van der Waals surface area contributed by atoms with E-state index in [4.69, 9.17) is 5.11 Å². The van der Waals surface area contributed by atoms with E-state index in [1.54, 1.807) is 13.0 Å². The van der Waals surface area contributed by atoms with E-state index in [2.05, 4.69) is 10.3 Å². The van der Waals surface area contributed by atoms with Gasteiger partial charge in [0, 0.05) is 18.4 Å². The first-order valence-electron chi connectivity index (χ1n) is 6.93. The van der Waals surface area contributed by atoms with Crippen molar-refractivity contribution in [2.24, 2.45) is 5.92 Å². The van der Waals surface area contributed by atoms with Crippen LogP contribution in [0.4, 0.5) is 0 Å². The molecule has 0 aliphatic rings. The zero-order valence-corrected chi connectivity index (χ0v) is 12.3. The summed E-state index contributed by atoms with van der Waals surface area (Å²) in [5.74, 6) is -1.44. The Bertz CT molecular complexity index is 541. The van der Waals surface area contributed by atoms with Gasteiger partial charge in [0.15, 0.2) is 0 Å². The van der Waals surface area contributed by atoms with Gasteiger partial charge in [-0.15, -0.1) is 0 Å². The minimum atomic E-state index is -0.803. The lowest BCUT2D eigenvalue weighted by atomic mass is 10.0. The van der Waals surface area contributed by atoms with Gasteiger partial charge in [-0.2, -0.15) is 0 Å². The van der Waals surface area contributed by atoms with Crippen molar-refractivity contribution in [1.82, 2.24) is 14.9 Å². The number of aliphatic carboxylic acids is 1. The second-order valence-electron chi connectivity index (χ2n) is 5.17. The Kier molecular flexibility index (Phi) is 6.58. The molecule has 7 nitrogen and oxygen atoms in total. The predicted molar refractivity (Wildman–Crippen MR) is 76.8 cm³/mol. The number of nitrogens with zero attached hydrogens (tertiary/aromatic N) is 2. The number of carbonyl (C=O) groups excluding carboxylic acids is 1. The lowest BCUT2D eigenvalue weighted by molar-refractivity contribution is -0.141. The van der Waals surface area contributed by atoms with Crippen LogP contribution in [0.1, 0.15) is 33.1 Å². The smallest absolute Gasteiger partial charge is 0.347 e. The highest BCUT2D eigenvalue weighted by Crippen LogP contribution is 2.09. The molecule has 1 aromatic rings. The third kappa shape index (κ3) is 6.20. The Morgan fingerprint density at radius 2 is 2.10 bits per heavy atom. The molecular weight excluding hydrogens is 274 g/mol. The first-order valence-corrected chi connectivity index (χ1v) is 6.93. The van der Waals surface area contributed by atoms with Crippen LogP contribution in [-0.2, 0) is 16.1 Å². The van der Waals surface area contributed by atoms with Crippen molar-refractivity contribution in [2.75, 3.05) is 0 Å². The summed E-state index contributed by atoms with van der Waals surface area (Å²) in [5, 5.41) is 11.6. The number of carbonyl (C=O) groups is 2. The molecule has 0 radical (unpaired) electrons. The fraction of sp³-hybridized carbons (Fsp3) is 0.571. The van der Waals surface area contributed by atoms with Gasteiger partial charge in [0.1, 0.15) is 6.54 Å². The molecule has 0 aliphatic heterocycles. The van der Waals surface area contributed by atoms with Crippen LogP contribution < -0.4 is 11.0 Å². The quantitative estimate of drug-likeness (QED) is 0.733. The summed E-state index contributed by atoms with van der Waals surface area (Å²) < 4.78 is 1.23. The maximum absolute atomic E-state index is 11.8. The third-order valence-corrected chi connectivity index (χ3v) is 3.20. The van der Waals surface area contributed by atoms with Crippen LogP contribution in [-0.4, -0.2) is 32.6 Å². The predicted octanol–water partition coefficient (Wildman–Crippen LogP) is 0.639.